The minimum Gasteiger partial charge on any atom is -0.487 e. The van der Waals surface area contributed by atoms with Gasteiger partial charge in [-0.05, 0) is 87.9 Å². The first-order valence-electron chi connectivity index (χ1n) is 16.9. The first-order valence-corrected chi connectivity index (χ1v) is 18.1. The maximum Gasteiger partial charge on any atom is 0.246 e. The topological polar surface area (TPSA) is 77.0 Å². The number of hydrogen-bond donors (Lipinski definition) is 0. The molecule has 0 bridgehead atoms. The zero-order valence-electron chi connectivity index (χ0n) is 29.1. The van der Waals surface area contributed by atoms with Crippen molar-refractivity contribution < 1.29 is 19.0 Å². The molecule has 8 nitrogen and oxygen atoms in total. The summed E-state index contributed by atoms with van der Waals surface area (Å²) in [6.45, 7) is 8.86. The molecule has 0 spiro atoms. The number of benzene rings is 3. The van der Waals surface area contributed by atoms with Crippen LogP contribution < -0.4 is 14.2 Å². The van der Waals surface area contributed by atoms with E-state index in [0.717, 1.165) is 47.2 Å². The first-order chi connectivity index (χ1) is 24.8. The quantitative estimate of drug-likeness (QED) is 0.110. The van der Waals surface area contributed by atoms with Crippen molar-refractivity contribution in [2.75, 3.05) is 32.8 Å². The molecule has 1 saturated heterocycles. The van der Waals surface area contributed by atoms with Crippen molar-refractivity contribution >= 4 is 51.9 Å². The lowest BCUT2D eigenvalue weighted by molar-refractivity contribution is -0.127. The van der Waals surface area contributed by atoms with Crippen LogP contribution in [0.2, 0.25) is 5.02 Å². The summed E-state index contributed by atoms with van der Waals surface area (Å²) in [7, 11) is 0. The number of pyridine rings is 2. The molecule has 270 valence electrons. The number of aryl methyl sites for hydroxylation is 2. The average Bonchev–Trinajstić information content (AvgIpc) is 3.14. The van der Waals surface area contributed by atoms with Gasteiger partial charge in [-0.15, -0.1) is 12.4 Å². The van der Waals surface area contributed by atoms with Crippen molar-refractivity contribution in [2.45, 2.75) is 33.4 Å². The van der Waals surface area contributed by atoms with E-state index in [4.69, 9.17) is 25.8 Å². The van der Waals surface area contributed by atoms with Gasteiger partial charge in [0.15, 0.2) is 5.75 Å². The fourth-order valence-electron chi connectivity index (χ4n) is 5.64. The molecule has 0 unspecified atom stereocenters. The van der Waals surface area contributed by atoms with E-state index < -0.39 is 0 Å². The molecule has 52 heavy (non-hydrogen) atoms. The Morgan fingerprint density at radius 1 is 0.827 bits per heavy atom. The molecule has 0 N–H and O–H groups in total. The van der Waals surface area contributed by atoms with E-state index in [1.54, 1.807) is 36.7 Å². The van der Waals surface area contributed by atoms with Crippen molar-refractivity contribution in [2.24, 2.45) is 0 Å². The van der Waals surface area contributed by atoms with Gasteiger partial charge in [-0.25, -0.2) is 9.97 Å². The van der Waals surface area contributed by atoms with Crippen molar-refractivity contribution in [1.82, 2.24) is 19.8 Å². The molecule has 1 amide bonds. The highest BCUT2D eigenvalue weighted by Gasteiger charge is 2.20. The normalized spacial score (nSPS) is 13.1. The van der Waals surface area contributed by atoms with Gasteiger partial charge < -0.3 is 19.1 Å². The highest BCUT2D eigenvalue weighted by atomic mass is 79.9. The van der Waals surface area contributed by atoms with Gasteiger partial charge in [0.25, 0.3) is 0 Å². The van der Waals surface area contributed by atoms with Crippen molar-refractivity contribution in [3.8, 4) is 23.3 Å². The van der Waals surface area contributed by atoms with Gasteiger partial charge >= 0.3 is 0 Å². The smallest absolute Gasteiger partial charge is 0.246 e. The lowest BCUT2D eigenvalue weighted by Crippen LogP contribution is -2.47. The Balaban J connectivity index is 0.00000523. The van der Waals surface area contributed by atoms with Crippen molar-refractivity contribution in [3.63, 3.8) is 0 Å². The van der Waals surface area contributed by atoms with Crippen LogP contribution in [-0.2, 0) is 24.4 Å². The van der Waals surface area contributed by atoms with Crippen LogP contribution in [0.25, 0.3) is 6.08 Å². The largest absolute Gasteiger partial charge is 0.487 e. The summed E-state index contributed by atoms with van der Waals surface area (Å²) in [5.74, 6) is 2.20. The summed E-state index contributed by atoms with van der Waals surface area (Å²) in [5, 5.41) is 0.441. The summed E-state index contributed by atoms with van der Waals surface area (Å²) in [5.41, 5.74) is 6.44. The second-order valence-corrected chi connectivity index (χ2v) is 13.8. The zero-order chi connectivity index (χ0) is 35.6. The fourth-order valence-corrected chi connectivity index (χ4v) is 6.19. The standard InChI is InChI=1S/C41H40BrClN4O4.ClH/c1-29-3-5-33(6-4-29)28-50-36-13-15-39(45-26-36)51-41-30(2)23-34(24-37(41)43)11-16-40(48)47-20-18-46(19-21-47)27-32-9-7-31(8-10-32)17-22-49-38-14-12-35(42)25-44-38;/h3-16,23-26H,17-22,27-28H2,1-2H3;1H. The van der Waals surface area contributed by atoms with E-state index in [0.29, 0.717) is 54.6 Å². The van der Waals surface area contributed by atoms with E-state index in [1.165, 1.54) is 16.7 Å². The number of aromatic nitrogens is 2. The number of halogens is 3. The number of hydrogen-bond acceptors (Lipinski definition) is 7. The fraction of sp³-hybridized carbons (Fsp3) is 0.244. The molecule has 3 heterocycles. The number of amides is 1. The van der Waals surface area contributed by atoms with Gasteiger partial charge in [-0.3, -0.25) is 9.69 Å². The van der Waals surface area contributed by atoms with Gasteiger partial charge in [-0.2, -0.15) is 0 Å². The number of carbonyl (C=O) groups excluding carboxylic acids is 1. The van der Waals surface area contributed by atoms with Crippen LogP contribution >= 0.6 is 39.9 Å². The van der Waals surface area contributed by atoms with Crippen molar-refractivity contribution in [3.05, 3.63) is 146 Å². The number of piperazine rings is 1. The highest BCUT2D eigenvalue weighted by molar-refractivity contribution is 9.10. The van der Waals surface area contributed by atoms with E-state index in [-0.39, 0.29) is 18.3 Å². The lowest BCUT2D eigenvalue weighted by Gasteiger charge is -2.34. The average molecular weight is 805 g/mol. The molecule has 3 aromatic carbocycles. The molecular formula is C41H41BrCl2N4O4. The van der Waals surface area contributed by atoms with Crippen LogP contribution in [0.3, 0.4) is 0 Å². The monoisotopic (exact) mass is 802 g/mol. The molecule has 1 fully saturated rings. The highest BCUT2D eigenvalue weighted by Crippen LogP contribution is 2.34. The SMILES string of the molecule is Cc1ccc(COc2ccc(Oc3c(C)cc(C=CC(=O)N4CCN(Cc5ccc(CCOc6ccc(Br)cn6)cc5)CC4)cc3Cl)nc2)cc1.Cl. The summed E-state index contributed by atoms with van der Waals surface area (Å²) < 4.78 is 18.6. The van der Waals surface area contributed by atoms with E-state index in [9.17, 15) is 4.79 Å². The lowest BCUT2D eigenvalue weighted by atomic mass is 10.1. The van der Waals surface area contributed by atoms with E-state index >= 15 is 0 Å². The summed E-state index contributed by atoms with van der Waals surface area (Å²) in [6.07, 6.45) is 7.60. The van der Waals surface area contributed by atoms with E-state index in [1.807, 2.05) is 48.2 Å². The predicted molar refractivity (Wildman–Crippen MR) is 212 cm³/mol. The molecule has 0 atom stereocenters. The Morgan fingerprint density at radius 2 is 1.52 bits per heavy atom. The summed E-state index contributed by atoms with van der Waals surface area (Å²) in [4.78, 5) is 25.9. The first kappa shape index (κ1) is 38.8. The van der Waals surface area contributed by atoms with Gasteiger partial charge in [-0.1, -0.05) is 65.7 Å². The molecule has 1 aliphatic heterocycles. The number of nitrogens with zero attached hydrogens (tertiary/aromatic N) is 4. The Labute approximate surface area is 324 Å². The second-order valence-electron chi connectivity index (χ2n) is 12.5. The van der Waals surface area contributed by atoms with Crippen LogP contribution in [-0.4, -0.2) is 58.5 Å². The zero-order valence-corrected chi connectivity index (χ0v) is 32.3. The van der Waals surface area contributed by atoms with Crippen LogP contribution in [0.15, 0.2) is 108 Å². The predicted octanol–water partition coefficient (Wildman–Crippen LogP) is 9.28. The number of ether oxygens (including phenoxy) is 3. The summed E-state index contributed by atoms with van der Waals surface area (Å²) >= 11 is 10.0. The molecule has 2 aromatic heterocycles. The van der Waals surface area contributed by atoms with Crippen LogP contribution in [0.1, 0.15) is 33.4 Å². The van der Waals surface area contributed by atoms with Crippen LogP contribution in [0.5, 0.6) is 23.3 Å². The molecule has 0 saturated carbocycles. The van der Waals surface area contributed by atoms with Gasteiger partial charge in [0, 0.05) is 68.0 Å². The molecule has 0 aliphatic carbocycles. The minimum atomic E-state index is -0.0115. The third kappa shape index (κ3) is 11.3. The summed E-state index contributed by atoms with van der Waals surface area (Å²) in [6, 6.07) is 28.0. The Morgan fingerprint density at radius 3 is 2.19 bits per heavy atom. The minimum absolute atomic E-state index is 0. The van der Waals surface area contributed by atoms with Crippen LogP contribution in [0.4, 0.5) is 0 Å². The van der Waals surface area contributed by atoms with Crippen LogP contribution in [0, 0.1) is 13.8 Å². The molecule has 0 radical (unpaired) electrons. The molecule has 5 aromatic rings. The Hall–Kier alpha value is -4.41. The molecule has 6 rings (SSSR count). The van der Waals surface area contributed by atoms with Gasteiger partial charge in [0.05, 0.1) is 17.8 Å². The maximum atomic E-state index is 13.0. The third-order valence-corrected chi connectivity index (χ3v) is 9.32. The van der Waals surface area contributed by atoms with Gasteiger partial charge in [0.2, 0.25) is 17.7 Å². The number of rotatable bonds is 13. The Bertz CT molecular complexity index is 1910. The third-order valence-electron chi connectivity index (χ3n) is 8.57. The number of carbonyl (C=O) groups is 1. The van der Waals surface area contributed by atoms with Crippen molar-refractivity contribution in [1.29, 1.82) is 0 Å². The maximum absolute atomic E-state index is 13.0. The second kappa shape index (κ2) is 18.9. The molecule has 1 aliphatic rings. The molecule has 11 heteroatoms. The Kier molecular flexibility index (Phi) is 14.1. The molecular weight excluding hydrogens is 763 g/mol. The van der Waals surface area contributed by atoms with Gasteiger partial charge in [0.1, 0.15) is 12.4 Å². The van der Waals surface area contributed by atoms with E-state index in [2.05, 4.69) is 74.1 Å².